The lowest BCUT2D eigenvalue weighted by molar-refractivity contribution is -0.862. The summed E-state index contributed by atoms with van der Waals surface area (Å²) in [6, 6.07) is 4.57. The lowest BCUT2D eigenvalue weighted by Crippen LogP contribution is -3.11. The van der Waals surface area contributed by atoms with E-state index in [4.69, 9.17) is 9.47 Å². The second-order valence-electron chi connectivity index (χ2n) is 5.51. The van der Waals surface area contributed by atoms with Gasteiger partial charge < -0.3 is 25.0 Å². The normalized spacial score (nSPS) is 11.2. The fraction of sp³-hybridized carbons (Fsp3) is 0.471. The van der Waals surface area contributed by atoms with Gasteiger partial charge in [-0.15, -0.1) is 0 Å². The molecular weight excluding hydrogens is 340 g/mol. The van der Waals surface area contributed by atoms with Gasteiger partial charge in [-0.1, -0.05) is 0 Å². The number of likely N-dealkylation sites (N-methyl/N-ethyl adjacent to an activating group) is 1. The molecule has 0 aliphatic rings. The molecule has 26 heavy (non-hydrogen) atoms. The summed E-state index contributed by atoms with van der Waals surface area (Å²) in [5.41, 5.74) is 0.574. The Hall–Kier alpha value is -2.81. The molecule has 0 heterocycles. The van der Waals surface area contributed by atoms with Crippen molar-refractivity contribution in [3.63, 3.8) is 0 Å². The maximum absolute atomic E-state index is 12.1. The molecule has 0 aromatic heterocycles. The van der Waals surface area contributed by atoms with Crippen LogP contribution in [0, 0.1) is 0 Å². The number of amides is 4. The molecule has 144 valence electrons. The zero-order valence-corrected chi connectivity index (χ0v) is 15.6. The maximum atomic E-state index is 12.1. The van der Waals surface area contributed by atoms with Gasteiger partial charge in [-0.3, -0.25) is 14.9 Å². The molecular formula is C17H27N4O5+. The van der Waals surface area contributed by atoms with Gasteiger partial charge in [0, 0.05) is 18.8 Å². The van der Waals surface area contributed by atoms with Gasteiger partial charge in [-0.2, -0.15) is 0 Å². The van der Waals surface area contributed by atoms with Crippen LogP contribution in [0.2, 0.25) is 0 Å². The molecule has 0 aliphatic heterocycles. The molecule has 0 fully saturated rings. The molecule has 1 atom stereocenters. The van der Waals surface area contributed by atoms with Crippen molar-refractivity contribution in [2.75, 3.05) is 45.7 Å². The second-order valence-corrected chi connectivity index (χ2v) is 5.51. The minimum atomic E-state index is -0.579. The van der Waals surface area contributed by atoms with Gasteiger partial charge in [0.05, 0.1) is 20.3 Å². The highest BCUT2D eigenvalue weighted by Crippen LogP contribution is 2.30. The Kier molecular flexibility index (Phi) is 8.93. The van der Waals surface area contributed by atoms with Crippen LogP contribution in [0.5, 0.6) is 11.5 Å². The number of urea groups is 1. The van der Waals surface area contributed by atoms with Crippen molar-refractivity contribution >= 4 is 23.5 Å². The first-order chi connectivity index (χ1) is 12.4. The molecule has 1 unspecified atom stereocenters. The maximum Gasteiger partial charge on any atom is 0.321 e. The smallest absolute Gasteiger partial charge is 0.321 e. The number of hydrogen-bond acceptors (Lipinski definition) is 5. The number of benzene rings is 1. The van der Waals surface area contributed by atoms with Crippen LogP contribution in [-0.4, -0.2) is 58.2 Å². The summed E-state index contributed by atoms with van der Waals surface area (Å²) in [5, 5.41) is 7.20. The first-order valence-electron chi connectivity index (χ1n) is 8.41. The average molecular weight is 367 g/mol. The van der Waals surface area contributed by atoms with Gasteiger partial charge in [0.1, 0.15) is 0 Å². The zero-order valence-electron chi connectivity index (χ0n) is 15.6. The van der Waals surface area contributed by atoms with Gasteiger partial charge >= 0.3 is 6.03 Å². The predicted octanol–water partition coefficient (Wildman–Crippen LogP) is -0.607. The van der Waals surface area contributed by atoms with Crippen molar-refractivity contribution in [1.82, 2.24) is 10.6 Å². The van der Waals surface area contributed by atoms with E-state index in [1.165, 1.54) is 7.05 Å². The second kappa shape index (κ2) is 10.9. The monoisotopic (exact) mass is 367 g/mol. The highest BCUT2D eigenvalue weighted by molar-refractivity contribution is 5.95. The number of quaternary nitrogens is 1. The van der Waals surface area contributed by atoms with Crippen LogP contribution in [0.25, 0.3) is 0 Å². The number of ether oxygens (including phenoxy) is 2. The van der Waals surface area contributed by atoms with Crippen LogP contribution in [0.4, 0.5) is 10.5 Å². The van der Waals surface area contributed by atoms with Gasteiger partial charge in [0.2, 0.25) is 0 Å². The molecule has 0 spiro atoms. The number of hydrogen-bond donors (Lipinski definition) is 4. The third-order valence-electron chi connectivity index (χ3n) is 3.23. The van der Waals surface area contributed by atoms with Crippen molar-refractivity contribution in [2.24, 2.45) is 0 Å². The Bertz CT molecular complexity index is 636. The molecule has 1 aromatic carbocycles. The standard InChI is InChI=1S/C17H26N4O5/c1-5-25-13-8-7-12(9-14(13)26-6-2)19-15(22)10-21(4)11-16(23)20-17(24)18-3/h7-9H,5-6,10-11H2,1-4H3,(H,19,22)(H2,18,20,23,24)/p+1. The Labute approximate surface area is 153 Å². The van der Waals surface area contributed by atoms with Crippen molar-refractivity contribution in [1.29, 1.82) is 0 Å². The summed E-state index contributed by atoms with van der Waals surface area (Å²) in [7, 11) is 3.10. The molecule has 0 aliphatic carbocycles. The summed E-state index contributed by atoms with van der Waals surface area (Å²) in [4.78, 5) is 35.5. The van der Waals surface area contributed by atoms with E-state index in [0.717, 1.165) is 0 Å². The van der Waals surface area contributed by atoms with Crippen LogP contribution in [0.15, 0.2) is 18.2 Å². The van der Waals surface area contributed by atoms with Crippen molar-refractivity contribution in [3.8, 4) is 11.5 Å². The summed E-state index contributed by atoms with van der Waals surface area (Å²) in [6.07, 6.45) is 0. The highest BCUT2D eigenvalue weighted by atomic mass is 16.5. The van der Waals surface area contributed by atoms with E-state index < -0.39 is 11.9 Å². The quantitative estimate of drug-likeness (QED) is 0.466. The molecule has 0 bridgehead atoms. The number of carbonyl (C=O) groups excluding carboxylic acids is 3. The number of imide groups is 1. The van der Waals surface area contributed by atoms with Crippen molar-refractivity contribution in [3.05, 3.63) is 18.2 Å². The van der Waals surface area contributed by atoms with E-state index in [0.29, 0.717) is 35.3 Å². The summed E-state index contributed by atoms with van der Waals surface area (Å²) in [5.74, 6) is 0.440. The topological polar surface area (TPSA) is 110 Å². The van der Waals surface area contributed by atoms with Crippen LogP contribution < -0.4 is 30.3 Å². The van der Waals surface area contributed by atoms with E-state index >= 15 is 0 Å². The predicted molar refractivity (Wildman–Crippen MR) is 96.6 cm³/mol. The van der Waals surface area contributed by atoms with Crippen molar-refractivity contribution in [2.45, 2.75) is 13.8 Å². The Morgan fingerprint density at radius 2 is 1.62 bits per heavy atom. The Morgan fingerprint density at radius 1 is 1.00 bits per heavy atom. The molecule has 4 amide bonds. The lowest BCUT2D eigenvalue weighted by atomic mass is 10.2. The summed E-state index contributed by atoms with van der Waals surface area (Å²) >= 11 is 0. The van der Waals surface area contributed by atoms with E-state index in [9.17, 15) is 14.4 Å². The molecule has 9 heteroatoms. The Balaban J connectivity index is 2.60. The summed E-state index contributed by atoms with van der Waals surface area (Å²) < 4.78 is 11.0. The highest BCUT2D eigenvalue weighted by Gasteiger charge is 2.16. The third-order valence-corrected chi connectivity index (χ3v) is 3.23. The molecule has 0 radical (unpaired) electrons. The van der Waals surface area contributed by atoms with Crippen LogP contribution >= 0.6 is 0 Å². The fourth-order valence-electron chi connectivity index (χ4n) is 2.18. The average Bonchev–Trinajstić information content (AvgIpc) is 2.56. The third kappa shape index (κ3) is 7.39. The number of rotatable bonds is 9. The minimum Gasteiger partial charge on any atom is -0.490 e. The van der Waals surface area contributed by atoms with Gasteiger partial charge in [-0.25, -0.2) is 4.79 Å². The van der Waals surface area contributed by atoms with Gasteiger partial charge in [-0.05, 0) is 26.0 Å². The molecule has 1 rings (SSSR count). The number of nitrogens with one attached hydrogen (secondary N) is 4. The molecule has 0 saturated carbocycles. The zero-order chi connectivity index (χ0) is 19.5. The first-order valence-corrected chi connectivity index (χ1v) is 8.41. The molecule has 0 saturated heterocycles. The number of carbonyl (C=O) groups is 3. The molecule has 1 aromatic rings. The van der Waals surface area contributed by atoms with Gasteiger partial charge in [0.15, 0.2) is 24.6 Å². The molecule has 9 nitrogen and oxygen atoms in total. The minimum absolute atomic E-state index is 0.00564. The SMILES string of the molecule is CCOc1ccc(NC(=O)C[NH+](C)CC(=O)NC(=O)NC)cc1OCC. The first kappa shape index (κ1) is 21.2. The lowest BCUT2D eigenvalue weighted by Gasteiger charge is -2.15. The van der Waals surface area contributed by atoms with E-state index in [2.05, 4.69) is 16.0 Å². The van der Waals surface area contributed by atoms with E-state index in [1.807, 2.05) is 13.8 Å². The van der Waals surface area contributed by atoms with E-state index in [1.54, 1.807) is 25.2 Å². The van der Waals surface area contributed by atoms with Crippen molar-refractivity contribution < 1.29 is 28.8 Å². The number of anilines is 1. The molecule has 4 N–H and O–H groups in total. The summed E-state index contributed by atoms with van der Waals surface area (Å²) in [6.45, 7) is 4.79. The van der Waals surface area contributed by atoms with E-state index in [-0.39, 0.29) is 19.0 Å². The Morgan fingerprint density at radius 3 is 2.23 bits per heavy atom. The van der Waals surface area contributed by atoms with Crippen LogP contribution in [0.1, 0.15) is 13.8 Å². The van der Waals surface area contributed by atoms with Gasteiger partial charge in [0.25, 0.3) is 11.8 Å². The largest absolute Gasteiger partial charge is 0.490 e. The fourth-order valence-corrected chi connectivity index (χ4v) is 2.18. The van der Waals surface area contributed by atoms with Crippen LogP contribution in [-0.2, 0) is 9.59 Å². The van der Waals surface area contributed by atoms with Crippen LogP contribution in [0.3, 0.4) is 0 Å².